The first-order valence-corrected chi connectivity index (χ1v) is 9.49. The van der Waals surface area contributed by atoms with Crippen LogP contribution in [0.15, 0.2) is 12.2 Å². The Morgan fingerprint density at radius 2 is 1.43 bits per heavy atom. The average Bonchev–Trinajstić information content (AvgIpc) is 2.51. The van der Waals surface area contributed by atoms with Crippen LogP contribution < -0.4 is 0 Å². The molecular formula is C21H40. The summed E-state index contributed by atoms with van der Waals surface area (Å²) in [5, 5.41) is 0. The van der Waals surface area contributed by atoms with E-state index in [9.17, 15) is 0 Å². The summed E-state index contributed by atoms with van der Waals surface area (Å²) in [5.74, 6) is 1.88. The second-order valence-corrected chi connectivity index (χ2v) is 6.67. The molecule has 0 aromatic heterocycles. The molecule has 124 valence electrons. The lowest BCUT2D eigenvalue weighted by molar-refractivity contribution is 0.288. The lowest BCUT2D eigenvalue weighted by Gasteiger charge is -2.23. The molecule has 0 fully saturated rings. The van der Waals surface area contributed by atoms with E-state index in [0.717, 1.165) is 18.3 Å². The summed E-state index contributed by atoms with van der Waals surface area (Å²) in [4.78, 5) is 0. The van der Waals surface area contributed by atoms with Crippen LogP contribution in [-0.4, -0.2) is 0 Å². The molecule has 0 nitrogen and oxygen atoms in total. The van der Waals surface area contributed by atoms with Crippen LogP contribution in [0.5, 0.6) is 0 Å². The van der Waals surface area contributed by atoms with Crippen LogP contribution in [0.3, 0.4) is 0 Å². The second-order valence-electron chi connectivity index (χ2n) is 6.67. The highest BCUT2D eigenvalue weighted by molar-refractivity contribution is 4.83. The molecule has 0 amide bonds. The summed E-state index contributed by atoms with van der Waals surface area (Å²) in [6, 6.07) is 0. The third-order valence-electron chi connectivity index (χ3n) is 4.89. The lowest BCUT2D eigenvalue weighted by atomic mass is 9.83. The fraction of sp³-hybridized carbons (Fsp3) is 0.810. The highest BCUT2D eigenvalue weighted by Gasteiger charge is 2.14. The average molecular weight is 293 g/mol. The molecule has 0 saturated heterocycles. The van der Waals surface area contributed by atoms with Crippen molar-refractivity contribution in [2.45, 2.75) is 97.3 Å². The minimum Gasteiger partial charge on any atom is -0.0885 e. The van der Waals surface area contributed by atoms with Crippen molar-refractivity contribution < 1.29 is 0 Å². The first kappa shape index (κ1) is 20.7. The standard InChI is InChI=1S/C21H40/c1-5-8-10-12-13-14-15-17-19-21(20(4)7-3)18-16-11-9-6-2/h5,8,20-21H,1-2,6-7,9-19H2,3-4H3/b8-5+. The van der Waals surface area contributed by atoms with E-state index in [1.807, 2.05) is 6.08 Å². The first-order valence-electron chi connectivity index (χ1n) is 9.49. The predicted octanol–water partition coefficient (Wildman–Crippen LogP) is 7.55. The van der Waals surface area contributed by atoms with E-state index in [1.54, 1.807) is 0 Å². The Morgan fingerprint density at radius 1 is 0.857 bits per heavy atom. The van der Waals surface area contributed by atoms with Crippen LogP contribution in [0, 0.1) is 25.7 Å². The zero-order valence-corrected chi connectivity index (χ0v) is 14.9. The summed E-state index contributed by atoms with van der Waals surface area (Å²) in [7, 11) is 0. The van der Waals surface area contributed by atoms with Crippen LogP contribution in [-0.2, 0) is 0 Å². The van der Waals surface area contributed by atoms with Crippen molar-refractivity contribution in [3.63, 3.8) is 0 Å². The van der Waals surface area contributed by atoms with Crippen LogP contribution in [0.4, 0.5) is 0 Å². The van der Waals surface area contributed by atoms with E-state index in [2.05, 4.69) is 33.8 Å². The van der Waals surface area contributed by atoms with Crippen molar-refractivity contribution in [2.75, 3.05) is 0 Å². The summed E-state index contributed by atoms with van der Waals surface area (Å²) in [5.41, 5.74) is 0. The number of rotatable bonds is 15. The van der Waals surface area contributed by atoms with Gasteiger partial charge in [-0.3, -0.25) is 0 Å². The van der Waals surface area contributed by atoms with Gasteiger partial charge in [-0.1, -0.05) is 104 Å². The van der Waals surface area contributed by atoms with Gasteiger partial charge in [0.25, 0.3) is 0 Å². The van der Waals surface area contributed by atoms with E-state index in [0.29, 0.717) is 0 Å². The summed E-state index contributed by atoms with van der Waals surface area (Å²) < 4.78 is 0. The van der Waals surface area contributed by atoms with Crippen LogP contribution in [0.1, 0.15) is 97.3 Å². The molecule has 0 aliphatic carbocycles. The van der Waals surface area contributed by atoms with Crippen molar-refractivity contribution in [2.24, 2.45) is 11.8 Å². The third-order valence-corrected chi connectivity index (χ3v) is 4.89. The number of unbranched alkanes of at least 4 members (excludes halogenated alkanes) is 8. The normalized spacial score (nSPS) is 14.7. The topological polar surface area (TPSA) is 0 Å². The van der Waals surface area contributed by atoms with Gasteiger partial charge >= 0.3 is 0 Å². The van der Waals surface area contributed by atoms with Crippen molar-refractivity contribution in [3.8, 4) is 0 Å². The van der Waals surface area contributed by atoms with Gasteiger partial charge < -0.3 is 0 Å². The molecule has 0 rings (SSSR count). The van der Waals surface area contributed by atoms with Gasteiger partial charge in [0.05, 0.1) is 0 Å². The number of hydrogen-bond donors (Lipinski definition) is 0. The fourth-order valence-corrected chi connectivity index (χ4v) is 3.12. The van der Waals surface area contributed by atoms with Gasteiger partial charge in [-0.05, 0) is 31.6 Å². The van der Waals surface area contributed by atoms with Crippen LogP contribution in [0.25, 0.3) is 0 Å². The highest BCUT2D eigenvalue weighted by atomic mass is 14.2. The van der Waals surface area contributed by atoms with Crippen molar-refractivity contribution >= 4 is 0 Å². The zero-order valence-electron chi connectivity index (χ0n) is 14.9. The molecule has 0 aliphatic heterocycles. The molecule has 2 unspecified atom stereocenters. The van der Waals surface area contributed by atoms with E-state index in [4.69, 9.17) is 0 Å². The molecule has 0 heterocycles. The molecule has 0 bridgehead atoms. The van der Waals surface area contributed by atoms with Gasteiger partial charge in [0, 0.05) is 0 Å². The SMILES string of the molecule is [CH2]/C=C/CCCCCCCC(CCCCC[CH2])C(C)CC. The van der Waals surface area contributed by atoms with Crippen molar-refractivity contribution in [3.05, 3.63) is 26.0 Å². The van der Waals surface area contributed by atoms with E-state index in [-0.39, 0.29) is 0 Å². The van der Waals surface area contributed by atoms with E-state index < -0.39 is 0 Å². The Morgan fingerprint density at radius 3 is 2.00 bits per heavy atom. The van der Waals surface area contributed by atoms with Crippen molar-refractivity contribution in [1.29, 1.82) is 0 Å². The van der Waals surface area contributed by atoms with Gasteiger partial charge in [0.1, 0.15) is 0 Å². The minimum absolute atomic E-state index is 0.909. The number of hydrogen-bond acceptors (Lipinski definition) is 0. The fourth-order valence-electron chi connectivity index (χ4n) is 3.12. The van der Waals surface area contributed by atoms with Gasteiger partial charge in [0.15, 0.2) is 0 Å². The molecule has 0 spiro atoms. The van der Waals surface area contributed by atoms with Gasteiger partial charge in [-0.15, -0.1) is 0 Å². The van der Waals surface area contributed by atoms with Crippen LogP contribution >= 0.6 is 0 Å². The quantitative estimate of drug-likeness (QED) is 0.273. The maximum absolute atomic E-state index is 3.94. The lowest BCUT2D eigenvalue weighted by Crippen LogP contribution is -2.11. The molecule has 0 N–H and O–H groups in total. The van der Waals surface area contributed by atoms with Crippen LogP contribution in [0.2, 0.25) is 0 Å². The Kier molecular flexibility index (Phi) is 15.9. The monoisotopic (exact) mass is 292 g/mol. The molecule has 0 heteroatoms. The highest BCUT2D eigenvalue weighted by Crippen LogP contribution is 2.27. The minimum atomic E-state index is 0.909. The second kappa shape index (κ2) is 16.1. The Hall–Kier alpha value is -0.260. The Bertz CT molecular complexity index is 216. The predicted molar refractivity (Wildman–Crippen MR) is 98.2 cm³/mol. The maximum atomic E-state index is 3.94. The molecular weight excluding hydrogens is 252 g/mol. The first-order chi connectivity index (χ1) is 10.3. The third kappa shape index (κ3) is 13.1. The molecule has 21 heavy (non-hydrogen) atoms. The van der Waals surface area contributed by atoms with Gasteiger partial charge in [-0.2, -0.15) is 0 Å². The largest absolute Gasteiger partial charge is 0.0885 e. The molecule has 2 radical (unpaired) electrons. The summed E-state index contributed by atoms with van der Waals surface area (Å²) in [6.45, 7) is 12.5. The summed E-state index contributed by atoms with van der Waals surface area (Å²) >= 11 is 0. The van der Waals surface area contributed by atoms with E-state index in [1.165, 1.54) is 77.0 Å². The smallest absolute Gasteiger partial charge is 0.0316 e. The molecule has 0 aromatic carbocycles. The molecule has 0 saturated carbocycles. The Balaban J connectivity index is 3.65. The molecule has 0 aliphatic rings. The summed E-state index contributed by atoms with van der Waals surface area (Å²) in [6.07, 6.45) is 21.8. The van der Waals surface area contributed by atoms with Gasteiger partial charge in [-0.25, -0.2) is 0 Å². The van der Waals surface area contributed by atoms with Gasteiger partial charge in [0.2, 0.25) is 0 Å². The molecule has 2 atom stereocenters. The number of allylic oxidation sites excluding steroid dienone is 2. The van der Waals surface area contributed by atoms with E-state index >= 15 is 0 Å². The maximum Gasteiger partial charge on any atom is -0.0316 e. The molecule has 0 aromatic rings. The Labute approximate surface area is 135 Å². The van der Waals surface area contributed by atoms with Crippen molar-refractivity contribution in [1.82, 2.24) is 0 Å². The zero-order chi connectivity index (χ0) is 15.8.